The molecule has 0 aliphatic carbocycles. The van der Waals surface area contributed by atoms with Gasteiger partial charge in [-0.3, -0.25) is 4.79 Å². The van der Waals surface area contributed by atoms with Crippen LogP contribution in [0.15, 0.2) is 23.0 Å². The van der Waals surface area contributed by atoms with Gasteiger partial charge in [0.2, 0.25) is 0 Å². The average Bonchev–Trinajstić information content (AvgIpc) is 2.45. The summed E-state index contributed by atoms with van der Waals surface area (Å²) in [5.41, 5.74) is 0.460. The van der Waals surface area contributed by atoms with Gasteiger partial charge >= 0.3 is 0 Å². The Bertz CT molecular complexity index is 425. The van der Waals surface area contributed by atoms with Gasteiger partial charge in [-0.1, -0.05) is 64.9 Å². The van der Waals surface area contributed by atoms with Gasteiger partial charge in [-0.15, -0.1) is 0 Å². The number of nitrogens with zero attached hydrogens (tertiary/aromatic N) is 1. The van der Waals surface area contributed by atoms with Gasteiger partial charge in [-0.2, -0.15) is 4.73 Å². The molecule has 1 heterocycles. The predicted molar refractivity (Wildman–Crippen MR) is 83.5 cm³/mol. The third-order valence-electron chi connectivity index (χ3n) is 3.94. The fourth-order valence-electron chi connectivity index (χ4n) is 2.70. The number of pyridine rings is 1. The van der Waals surface area contributed by atoms with Crippen molar-refractivity contribution < 1.29 is 5.21 Å². The molecule has 0 saturated heterocycles. The second kappa shape index (κ2) is 9.62. The van der Waals surface area contributed by atoms with E-state index in [4.69, 9.17) is 0 Å². The Balaban J connectivity index is 2.69. The third kappa shape index (κ3) is 5.40. The molecule has 0 fully saturated rings. The van der Waals surface area contributed by atoms with Crippen LogP contribution in [0.3, 0.4) is 0 Å². The second-order valence-electron chi connectivity index (χ2n) is 5.64. The van der Waals surface area contributed by atoms with Crippen LogP contribution in [0.2, 0.25) is 0 Å². The maximum atomic E-state index is 11.6. The molecule has 114 valence electrons. The minimum atomic E-state index is -0.323. The van der Waals surface area contributed by atoms with E-state index >= 15 is 0 Å². The average molecular weight is 279 g/mol. The van der Waals surface area contributed by atoms with Crippen molar-refractivity contribution in [1.82, 2.24) is 4.73 Å². The number of rotatable bonds is 10. The predicted octanol–water partition coefficient (Wildman–Crippen LogP) is 4.72. The molecule has 0 radical (unpaired) electrons. The molecular weight excluding hydrogens is 250 g/mol. The molecule has 1 rings (SSSR count). The van der Waals surface area contributed by atoms with Gasteiger partial charge in [-0.25, -0.2) is 0 Å². The minimum absolute atomic E-state index is 0.303. The third-order valence-corrected chi connectivity index (χ3v) is 3.94. The Kier molecular flexibility index (Phi) is 8.08. The summed E-state index contributed by atoms with van der Waals surface area (Å²) in [7, 11) is 0. The SMILES string of the molecule is CCCCCCC(CCCCC)c1cccc(=O)n1O. The number of hydrogen-bond donors (Lipinski definition) is 1. The molecule has 0 aliphatic rings. The van der Waals surface area contributed by atoms with Crippen molar-refractivity contribution in [3.05, 3.63) is 34.2 Å². The summed E-state index contributed by atoms with van der Waals surface area (Å²) in [6, 6.07) is 5.05. The summed E-state index contributed by atoms with van der Waals surface area (Å²) in [6.07, 6.45) is 10.6. The Morgan fingerprint density at radius 1 is 1.00 bits per heavy atom. The molecule has 1 aromatic heterocycles. The normalized spacial score (nSPS) is 12.5. The van der Waals surface area contributed by atoms with E-state index in [-0.39, 0.29) is 5.56 Å². The fourth-order valence-corrected chi connectivity index (χ4v) is 2.70. The quantitative estimate of drug-likeness (QED) is 0.497. The zero-order chi connectivity index (χ0) is 14.8. The van der Waals surface area contributed by atoms with Gasteiger partial charge in [0.1, 0.15) is 0 Å². The summed E-state index contributed by atoms with van der Waals surface area (Å²) < 4.78 is 0.844. The lowest BCUT2D eigenvalue weighted by atomic mass is 9.91. The van der Waals surface area contributed by atoms with Crippen molar-refractivity contribution in [3.63, 3.8) is 0 Å². The Hall–Kier alpha value is -1.25. The standard InChI is InChI=1S/C17H29NO2/c1-3-5-7-9-12-15(11-8-6-4-2)16-13-10-14-17(19)18(16)20/h10,13-15,20H,3-9,11-12H2,1-2H3. The smallest absolute Gasteiger partial charge is 0.283 e. The highest BCUT2D eigenvalue weighted by Crippen LogP contribution is 2.27. The molecule has 0 aromatic carbocycles. The Morgan fingerprint density at radius 2 is 1.60 bits per heavy atom. The lowest BCUT2D eigenvalue weighted by molar-refractivity contribution is 0.158. The maximum Gasteiger partial charge on any atom is 0.283 e. The molecule has 0 saturated carbocycles. The summed E-state index contributed by atoms with van der Waals surface area (Å²) >= 11 is 0. The van der Waals surface area contributed by atoms with Crippen LogP contribution >= 0.6 is 0 Å². The molecule has 1 N–H and O–H groups in total. The van der Waals surface area contributed by atoms with E-state index in [2.05, 4.69) is 13.8 Å². The first-order valence-electron chi connectivity index (χ1n) is 8.11. The maximum absolute atomic E-state index is 11.6. The number of aromatic nitrogens is 1. The van der Waals surface area contributed by atoms with Crippen molar-refractivity contribution >= 4 is 0 Å². The molecule has 20 heavy (non-hydrogen) atoms. The van der Waals surface area contributed by atoms with Crippen LogP contribution in [0.4, 0.5) is 0 Å². The van der Waals surface area contributed by atoms with E-state index in [9.17, 15) is 10.0 Å². The van der Waals surface area contributed by atoms with Crippen molar-refractivity contribution in [2.45, 2.75) is 77.6 Å². The molecule has 3 nitrogen and oxygen atoms in total. The van der Waals surface area contributed by atoms with Crippen LogP contribution in [0.25, 0.3) is 0 Å². The summed E-state index contributed by atoms with van der Waals surface area (Å²) in [6.45, 7) is 4.40. The highest BCUT2D eigenvalue weighted by atomic mass is 16.5. The fraction of sp³-hybridized carbons (Fsp3) is 0.706. The molecule has 1 unspecified atom stereocenters. The number of hydrogen-bond acceptors (Lipinski definition) is 2. The first-order chi connectivity index (χ1) is 9.70. The Morgan fingerprint density at radius 3 is 2.25 bits per heavy atom. The summed E-state index contributed by atoms with van der Waals surface area (Å²) in [5, 5.41) is 9.93. The molecule has 3 heteroatoms. The van der Waals surface area contributed by atoms with Crippen LogP contribution in [0, 0.1) is 0 Å². The molecule has 0 bridgehead atoms. The van der Waals surface area contributed by atoms with E-state index in [1.807, 2.05) is 6.07 Å². The van der Waals surface area contributed by atoms with Gasteiger partial charge in [-0.05, 0) is 18.9 Å². The number of unbranched alkanes of at least 4 members (excludes halogenated alkanes) is 5. The van der Waals surface area contributed by atoms with E-state index in [1.54, 1.807) is 6.07 Å². The van der Waals surface area contributed by atoms with Gasteiger partial charge in [0.25, 0.3) is 5.56 Å². The van der Waals surface area contributed by atoms with Gasteiger partial charge in [0, 0.05) is 12.0 Å². The van der Waals surface area contributed by atoms with Crippen LogP contribution in [-0.2, 0) is 0 Å². The molecule has 0 amide bonds. The Labute approximate surface area is 122 Å². The van der Waals surface area contributed by atoms with Crippen LogP contribution in [0.5, 0.6) is 0 Å². The molecule has 0 aliphatic heterocycles. The van der Waals surface area contributed by atoms with E-state index in [0.29, 0.717) is 5.92 Å². The minimum Gasteiger partial charge on any atom is -0.425 e. The first kappa shape index (κ1) is 16.8. The van der Waals surface area contributed by atoms with Crippen molar-refractivity contribution in [3.8, 4) is 0 Å². The topological polar surface area (TPSA) is 42.2 Å². The van der Waals surface area contributed by atoms with Crippen molar-refractivity contribution in [2.24, 2.45) is 0 Å². The van der Waals surface area contributed by atoms with Gasteiger partial charge in [0.15, 0.2) is 0 Å². The lowest BCUT2D eigenvalue weighted by Crippen LogP contribution is -2.22. The van der Waals surface area contributed by atoms with Crippen molar-refractivity contribution in [2.75, 3.05) is 0 Å². The molecule has 1 atom stereocenters. The van der Waals surface area contributed by atoms with Crippen LogP contribution in [-0.4, -0.2) is 9.94 Å². The first-order valence-corrected chi connectivity index (χ1v) is 8.11. The zero-order valence-electron chi connectivity index (χ0n) is 13.0. The zero-order valence-corrected chi connectivity index (χ0v) is 13.0. The molecule has 0 spiro atoms. The van der Waals surface area contributed by atoms with Crippen molar-refractivity contribution in [1.29, 1.82) is 0 Å². The monoisotopic (exact) mass is 279 g/mol. The summed E-state index contributed by atoms with van der Waals surface area (Å²) in [5.74, 6) is 0.303. The van der Waals surface area contributed by atoms with Crippen LogP contribution in [0.1, 0.15) is 83.2 Å². The second-order valence-corrected chi connectivity index (χ2v) is 5.64. The van der Waals surface area contributed by atoms with E-state index in [0.717, 1.165) is 29.7 Å². The van der Waals surface area contributed by atoms with E-state index < -0.39 is 0 Å². The van der Waals surface area contributed by atoms with Gasteiger partial charge < -0.3 is 5.21 Å². The lowest BCUT2D eigenvalue weighted by Gasteiger charge is -2.18. The van der Waals surface area contributed by atoms with Crippen LogP contribution < -0.4 is 5.56 Å². The highest BCUT2D eigenvalue weighted by Gasteiger charge is 2.15. The molecular formula is C17H29NO2. The van der Waals surface area contributed by atoms with Gasteiger partial charge in [0.05, 0.1) is 5.69 Å². The largest absolute Gasteiger partial charge is 0.425 e. The molecule has 1 aromatic rings. The van der Waals surface area contributed by atoms with E-state index in [1.165, 1.54) is 44.6 Å². The highest BCUT2D eigenvalue weighted by molar-refractivity contribution is 5.10. The summed E-state index contributed by atoms with van der Waals surface area (Å²) in [4.78, 5) is 11.6.